The molecule has 0 atom stereocenters. The molecule has 3 nitrogen and oxygen atoms in total. The second-order valence-electron chi connectivity index (χ2n) is 8.13. The van der Waals surface area contributed by atoms with E-state index in [4.69, 9.17) is 14.8 Å². The second-order valence-corrected chi connectivity index (χ2v) is 8.13. The van der Waals surface area contributed by atoms with Crippen LogP contribution in [0.4, 0.5) is 0 Å². The van der Waals surface area contributed by atoms with Crippen molar-refractivity contribution in [2.24, 2.45) is 0 Å². The van der Waals surface area contributed by atoms with Crippen LogP contribution in [0.1, 0.15) is 96.1 Å². The standard InChI is InChI=1S/C26H41NO2/c1-2-29-25-19-16-17-23-20-21-24(27-26(23)25)18-14-12-10-8-6-4-3-5-7-9-11-13-15-22-28/h16-17,19-21,28H,2-15,18,22H2,1H3. The lowest BCUT2D eigenvalue weighted by Gasteiger charge is -2.08. The minimum atomic E-state index is 0.355. The normalized spacial score (nSPS) is 11.2. The van der Waals surface area contributed by atoms with E-state index < -0.39 is 0 Å². The van der Waals surface area contributed by atoms with Gasteiger partial charge in [-0.1, -0.05) is 88.8 Å². The van der Waals surface area contributed by atoms with Gasteiger partial charge in [-0.15, -0.1) is 0 Å². The summed E-state index contributed by atoms with van der Waals surface area (Å²) < 4.78 is 5.73. The molecule has 0 aliphatic heterocycles. The number of aliphatic hydroxyl groups excluding tert-OH is 1. The van der Waals surface area contributed by atoms with E-state index in [0.717, 1.165) is 29.5 Å². The fourth-order valence-corrected chi connectivity index (χ4v) is 3.93. The summed E-state index contributed by atoms with van der Waals surface area (Å²) in [5.41, 5.74) is 2.18. The number of aryl methyl sites for hydroxylation is 1. The molecule has 0 fully saturated rings. The molecule has 0 saturated heterocycles. The number of unbranched alkanes of at least 4 members (excludes halogenated alkanes) is 12. The zero-order valence-corrected chi connectivity index (χ0v) is 18.5. The molecule has 2 aromatic rings. The second kappa shape index (κ2) is 15.3. The number of aromatic nitrogens is 1. The highest BCUT2D eigenvalue weighted by Crippen LogP contribution is 2.24. The molecule has 0 amide bonds. The first-order valence-corrected chi connectivity index (χ1v) is 12.0. The molecule has 0 spiro atoms. The van der Waals surface area contributed by atoms with Gasteiger partial charge in [0.05, 0.1) is 6.61 Å². The molecule has 29 heavy (non-hydrogen) atoms. The molecule has 1 aromatic carbocycles. The lowest BCUT2D eigenvalue weighted by atomic mass is 10.0. The smallest absolute Gasteiger partial charge is 0.145 e. The van der Waals surface area contributed by atoms with Crippen LogP contribution >= 0.6 is 0 Å². The van der Waals surface area contributed by atoms with Crippen LogP contribution in [0.5, 0.6) is 5.75 Å². The van der Waals surface area contributed by atoms with Gasteiger partial charge in [-0.05, 0) is 38.3 Å². The van der Waals surface area contributed by atoms with E-state index in [-0.39, 0.29) is 0 Å². The summed E-state index contributed by atoms with van der Waals surface area (Å²) in [6.45, 7) is 3.05. The van der Waals surface area contributed by atoms with E-state index in [1.54, 1.807) is 0 Å². The van der Waals surface area contributed by atoms with Crippen LogP contribution in [0.15, 0.2) is 30.3 Å². The number of aliphatic hydroxyl groups is 1. The zero-order valence-electron chi connectivity index (χ0n) is 18.5. The fourth-order valence-electron chi connectivity index (χ4n) is 3.93. The molecular weight excluding hydrogens is 358 g/mol. The molecule has 0 aliphatic carbocycles. The minimum Gasteiger partial charge on any atom is -0.492 e. The quantitative estimate of drug-likeness (QED) is 0.285. The van der Waals surface area contributed by atoms with Crippen molar-refractivity contribution in [2.75, 3.05) is 13.2 Å². The number of nitrogens with zero attached hydrogens (tertiary/aromatic N) is 1. The van der Waals surface area contributed by atoms with E-state index in [1.165, 1.54) is 82.7 Å². The van der Waals surface area contributed by atoms with Crippen molar-refractivity contribution in [2.45, 2.75) is 96.8 Å². The Balaban J connectivity index is 1.51. The molecule has 1 aromatic heterocycles. The van der Waals surface area contributed by atoms with Crippen molar-refractivity contribution in [3.05, 3.63) is 36.0 Å². The lowest BCUT2D eigenvalue weighted by molar-refractivity contribution is 0.282. The number of fused-ring (bicyclic) bond motifs is 1. The molecule has 2 rings (SSSR count). The van der Waals surface area contributed by atoms with Gasteiger partial charge in [0.1, 0.15) is 11.3 Å². The Morgan fingerprint density at radius 1 is 0.724 bits per heavy atom. The van der Waals surface area contributed by atoms with Crippen molar-refractivity contribution in [1.82, 2.24) is 4.98 Å². The van der Waals surface area contributed by atoms with Crippen molar-refractivity contribution < 1.29 is 9.84 Å². The molecule has 0 radical (unpaired) electrons. The van der Waals surface area contributed by atoms with E-state index in [1.807, 2.05) is 19.1 Å². The van der Waals surface area contributed by atoms with Gasteiger partial charge in [0.25, 0.3) is 0 Å². The summed E-state index contributed by atoms with van der Waals surface area (Å²) in [6, 6.07) is 10.5. The first-order valence-electron chi connectivity index (χ1n) is 12.0. The van der Waals surface area contributed by atoms with Crippen LogP contribution in [0, 0.1) is 0 Å². The Hall–Kier alpha value is -1.61. The van der Waals surface area contributed by atoms with Crippen LogP contribution in [0.3, 0.4) is 0 Å². The summed E-state index contributed by atoms with van der Waals surface area (Å²) in [5.74, 6) is 0.900. The maximum absolute atomic E-state index is 8.76. The molecule has 0 bridgehead atoms. The molecule has 0 aliphatic rings. The number of pyridine rings is 1. The van der Waals surface area contributed by atoms with Gasteiger partial charge in [0, 0.05) is 17.7 Å². The number of hydrogen-bond donors (Lipinski definition) is 1. The summed E-state index contributed by atoms with van der Waals surface area (Å²) >= 11 is 0. The maximum Gasteiger partial charge on any atom is 0.145 e. The lowest BCUT2D eigenvalue weighted by Crippen LogP contribution is -1.96. The Bertz CT molecular complexity index is 671. The summed E-state index contributed by atoms with van der Waals surface area (Å²) in [5, 5.41) is 9.92. The highest BCUT2D eigenvalue weighted by molar-refractivity contribution is 5.84. The van der Waals surface area contributed by atoms with Gasteiger partial charge in [-0.25, -0.2) is 4.98 Å². The number of hydrogen-bond acceptors (Lipinski definition) is 3. The number of ether oxygens (including phenoxy) is 1. The van der Waals surface area contributed by atoms with Crippen LogP contribution in [-0.4, -0.2) is 23.3 Å². The fraction of sp³-hybridized carbons (Fsp3) is 0.654. The average molecular weight is 400 g/mol. The highest BCUT2D eigenvalue weighted by Gasteiger charge is 2.05. The van der Waals surface area contributed by atoms with Crippen LogP contribution in [0.2, 0.25) is 0 Å². The van der Waals surface area contributed by atoms with Crippen LogP contribution < -0.4 is 4.74 Å². The van der Waals surface area contributed by atoms with Crippen molar-refractivity contribution in [3.8, 4) is 5.75 Å². The largest absolute Gasteiger partial charge is 0.492 e. The summed E-state index contributed by atoms with van der Waals surface area (Å²) in [6.07, 6.45) is 18.0. The molecule has 1 N–H and O–H groups in total. The summed E-state index contributed by atoms with van der Waals surface area (Å²) in [4.78, 5) is 4.86. The predicted molar refractivity (Wildman–Crippen MR) is 124 cm³/mol. The third-order valence-electron chi connectivity index (χ3n) is 5.63. The SMILES string of the molecule is CCOc1cccc2ccc(CCCCCCCCCCCCCCCO)nc12. The van der Waals surface area contributed by atoms with Gasteiger partial charge in [0.15, 0.2) is 0 Å². The third kappa shape index (κ3) is 9.62. The number of para-hydroxylation sites is 1. The first kappa shape index (κ1) is 23.7. The molecule has 1 heterocycles. The van der Waals surface area contributed by atoms with E-state index in [9.17, 15) is 0 Å². The van der Waals surface area contributed by atoms with Crippen molar-refractivity contribution in [1.29, 1.82) is 0 Å². The van der Waals surface area contributed by atoms with E-state index in [0.29, 0.717) is 13.2 Å². The topological polar surface area (TPSA) is 42.4 Å². The highest BCUT2D eigenvalue weighted by atomic mass is 16.5. The minimum absolute atomic E-state index is 0.355. The maximum atomic E-state index is 8.76. The first-order chi connectivity index (χ1) is 14.3. The van der Waals surface area contributed by atoms with E-state index in [2.05, 4.69) is 18.2 Å². The molecule has 0 unspecified atom stereocenters. The van der Waals surface area contributed by atoms with Crippen molar-refractivity contribution >= 4 is 10.9 Å². The summed E-state index contributed by atoms with van der Waals surface area (Å²) in [7, 11) is 0. The van der Waals surface area contributed by atoms with Gasteiger partial charge in [-0.2, -0.15) is 0 Å². The molecule has 162 valence electrons. The van der Waals surface area contributed by atoms with Gasteiger partial charge < -0.3 is 9.84 Å². The Kier molecular flexibility index (Phi) is 12.5. The molecule has 3 heteroatoms. The Morgan fingerprint density at radius 2 is 1.31 bits per heavy atom. The molecular formula is C26H41NO2. The Morgan fingerprint density at radius 3 is 1.90 bits per heavy atom. The third-order valence-corrected chi connectivity index (χ3v) is 5.63. The van der Waals surface area contributed by atoms with Crippen LogP contribution in [-0.2, 0) is 6.42 Å². The average Bonchev–Trinajstić information content (AvgIpc) is 2.74. The van der Waals surface area contributed by atoms with Crippen LogP contribution in [0.25, 0.3) is 10.9 Å². The Labute approximate surface area is 177 Å². The van der Waals surface area contributed by atoms with Gasteiger partial charge in [0.2, 0.25) is 0 Å². The number of benzene rings is 1. The van der Waals surface area contributed by atoms with Crippen molar-refractivity contribution in [3.63, 3.8) is 0 Å². The van der Waals surface area contributed by atoms with Gasteiger partial charge >= 0.3 is 0 Å². The zero-order chi connectivity index (χ0) is 20.6. The van der Waals surface area contributed by atoms with E-state index >= 15 is 0 Å². The van der Waals surface area contributed by atoms with Gasteiger partial charge in [-0.3, -0.25) is 0 Å². The predicted octanol–water partition coefficient (Wildman–Crippen LogP) is 7.24. The molecule has 0 saturated carbocycles. The monoisotopic (exact) mass is 399 g/mol. The number of rotatable bonds is 17.